The predicted molar refractivity (Wildman–Crippen MR) is 50.3 cm³/mol. The van der Waals surface area contributed by atoms with Crippen LogP contribution in [0.2, 0.25) is 0 Å². The molecule has 5 heteroatoms. The lowest BCUT2D eigenvalue weighted by Crippen LogP contribution is -2.34. The average Bonchev–Trinajstić information content (AvgIpc) is 2.72. The number of ether oxygens (including phenoxy) is 3. The number of fused-ring (bicyclic) bond motifs is 1. The molecule has 4 unspecified atom stereocenters. The van der Waals surface area contributed by atoms with E-state index in [1.165, 1.54) is 0 Å². The van der Waals surface area contributed by atoms with Gasteiger partial charge in [0.1, 0.15) is 18.3 Å². The van der Waals surface area contributed by atoms with Crippen molar-refractivity contribution >= 4 is 5.97 Å². The summed E-state index contributed by atoms with van der Waals surface area (Å²) in [5.74, 6) is -0.225. The van der Waals surface area contributed by atoms with Crippen LogP contribution in [0.3, 0.4) is 0 Å². The van der Waals surface area contributed by atoms with Crippen LogP contribution in [0.25, 0.3) is 0 Å². The highest BCUT2D eigenvalue weighted by Crippen LogP contribution is 2.28. The van der Waals surface area contributed by atoms with E-state index in [-0.39, 0.29) is 30.9 Å². The summed E-state index contributed by atoms with van der Waals surface area (Å²) < 4.78 is 15.9. The summed E-state index contributed by atoms with van der Waals surface area (Å²) in [6, 6.07) is 0. The van der Waals surface area contributed by atoms with Gasteiger partial charge in [0.05, 0.1) is 13.2 Å². The van der Waals surface area contributed by atoms with Gasteiger partial charge in [0, 0.05) is 6.42 Å². The van der Waals surface area contributed by atoms with E-state index in [1.54, 1.807) is 0 Å². The van der Waals surface area contributed by atoms with Crippen molar-refractivity contribution in [2.24, 2.45) is 0 Å². The van der Waals surface area contributed by atoms with E-state index in [2.05, 4.69) is 0 Å². The first kappa shape index (κ1) is 10.9. The molecule has 0 saturated carbocycles. The second-order valence-electron chi connectivity index (χ2n) is 3.94. The first-order valence-corrected chi connectivity index (χ1v) is 5.33. The van der Waals surface area contributed by atoms with Gasteiger partial charge in [-0.1, -0.05) is 6.92 Å². The minimum absolute atomic E-state index is 0.225. The first-order chi connectivity index (χ1) is 7.22. The molecule has 2 fully saturated rings. The van der Waals surface area contributed by atoms with Crippen molar-refractivity contribution < 1.29 is 24.1 Å². The van der Waals surface area contributed by atoms with Crippen LogP contribution in [0.5, 0.6) is 0 Å². The maximum Gasteiger partial charge on any atom is 0.306 e. The van der Waals surface area contributed by atoms with Crippen molar-refractivity contribution in [2.75, 3.05) is 13.2 Å². The van der Waals surface area contributed by atoms with Crippen molar-refractivity contribution in [3.05, 3.63) is 0 Å². The van der Waals surface area contributed by atoms with Crippen molar-refractivity contribution in [2.45, 2.75) is 44.2 Å². The maximum absolute atomic E-state index is 11.3. The fourth-order valence-corrected chi connectivity index (χ4v) is 1.98. The van der Waals surface area contributed by atoms with Gasteiger partial charge in [0.2, 0.25) is 0 Å². The second-order valence-corrected chi connectivity index (χ2v) is 3.94. The summed E-state index contributed by atoms with van der Waals surface area (Å²) >= 11 is 0. The van der Waals surface area contributed by atoms with Crippen LogP contribution < -0.4 is 0 Å². The Morgan fingerprint density at radius 3 is 2.87 bits per heavy atom. The number of hydrogen-bond acceptors (Lipinski definition) is 5. The normalized spacial score (nSPS) is 39.1. The molecule has 2 heterocycles. The zero-order chi connectivity index (χ0) is 10.8. The molecule has 0 aliphatic carbocycles. The van der Waals surface area contributed by atoms with E-state index in [0.717, 1.165) is 6.42 Å². The number of carbonyl (C=O) groups excluding carboxylic acids is 1. The predicted octanol–water partition coefficient (Wildman–Crippen LogP) is -0.143. The lowest BCUT2D eigenvalue weighted by molar-refractivity contribution is -0.153. The molecule has 0 amide bonds. The monoisotopic (exact) mass is 216 g/mol. The van der Waals surface area contributed by atoms with Crippen molar-refractivity contribution in [1.29, 1.82) is 0 Å². The number of aliphatic hydroxyl groups excluding tert-OH is 1. The molecule has 0 aromatic rings. The average molecular weight is 216 g/mol. The molecule has 15 heavy (non-hydrogen) atoms. The van der Waals surface area contributed by atoms with Gasteiger partial charge in [-0.3, -0.25) is 4.79 Å². The number of aliphatic hydroxyl groups is 1. The number of carbonyl (C=O) groups is 1. The van der Waals surface area contributed by atoms with Crippen molar-refractivity contribution in [3.8, 4) is 0 Å². The molecule has 0 aromatic heterocycles. The highest BCUT2D eigenvalue weighted by atomic mass is 16.6. The Labute approximate surface area is 88.3 Å². The summed E-state index contributed by atoms with van der Waals surface area (Å²) in [6.07, 6.45) is -0.387. The van der Waals surface area contributed by atoms with E-state index in [4.69, 9.17) is 14.2 Å². The van der Waals surface area contributed by atoms with Gasteiger partial charge in [-0.25, -0.2) is 0 Å². The van der Waals surface area contributed by atoms with E-state index < -0.39 is 6.10 Å². The third kappa shape index (κ3) is 2.14. The number of rotatable bonds is 3. The van der Waals surface area contributed by atoms with Crippen LogP contribution in [0.4, 0.5) is 0 Å². The van der Waals surface area contributed by atoms with E-state index in [9.17, 15) is 9.90 Å². The van der Waals surface area contributed by atoms with Crippen LogP contribution in [0, 0.1) is 0 Å². The molecule has 2 aliphatic rings. The highest BCUT2D eigenvalue weighted by molar-refractivity contribution is 5.69. The van der Waals surface area contributed by atoms with Crippen LogP contribution in [-0.2, 0) is 19.0 Å². The lowest BCUT2D eigenvalue weighted by atomic mass is 10.1. The van der Waals surface area contributed by atoms with Crippen LogP contribution in [0.1, 0.15) is 19.8 Å². The fraction of sp³-hybridized carbons (Fsp3) is 0.900. The van der Waals surface area contributed by atoms with E-state index >= 15 is 0 Å². The molecule has 2 saturated heterocycles. The number of hydrogen-bond donors (Lipinski definition) is 1. The Hall–Kier alpha value is -0.650. The van der Waals surface area contributed by atoms with Crippen LogP contribution in [-0.4, -0.2) is 48.7 Å². The molecule has 4 atom stereocenters. The maximum atomic E-state index is 11.3. The zero-order valence-corrected chi connectivity index (χ0v) is 8.72. The Bertz CT molecular complexity index is 242. The second kappa shape index (κ2) is 4.47. The van der Waals surface area contributed by atoms with Gasteiger partial charge in [-0.05, 0) is 6.42 Å². The first-order valence-electron chi connectivity index (χ1n) is 5.33. The summed E-state index contributed by atoms with van der Waals surface area (Å²) in [7, 11) is 0. The van der Waals surface area contributed by atoms with Gasteiger partial charge in [-0.2, -0.15) is 0 Å². The fourth-order valence-electron chi connectivity index (χ4n) is 1.98. The Balaban J connectivity index is 1.87. The summed E-state index contributed by atoms with van der Waals surface area (Å²) in [4.78, 5) is 11.3. The van der Waals surface area contributed by atoms with Gasteiger partial charge in [0.15, 0.2) is 6.10 Å². The SMILES string of the molecule is CCCC(=O)OC1COC2C(O)COC12. The lowest BCUT2D eigenvalue weighted by Gasteiger charge is -2.16. The Kier molecular flexibility index (Phi) is 3.23. The third-order valence-electron chi connectivity index (χ3n) is 2.72. The summed E-state index contributed by atoms with van der Waals surface area (Å²) in [5.41, 5.74) is 0. The largest absolute Gasteiger partial charge is 0.457 e. The summed E-state index contributed by atoms with van der Waals surface area (Å²) in [6.45, 7) is 2.50. The molecule has 0 bridgehead atoms. The topological polar surface area (TPSA) is 65.0 Å². The zero-order valence-electron chi connectivity index (χ0n) is 8.72. The minimum Gasteiger partial charge on any atom is -0.457 e. The van der Waals surface area contributed by atoms with E-state index in [1.807, 2.05) is 6.92 Å². The van der Waals surface area contributed by atoms with Crippen molar-refractivity contribution in [3.63, 3.8) is 0 Å². The van der Waals surface area contributed by atoms with Crippen LogP contribution >= 0.6 is 0 Å². The summed E-state index contributed by atoms with van der Waals surface area (Å²) in [5, 5.41) is 9.46. The Morgan fingerprint density at radius 2 is 2.13 bits per heavy atom. The smallest absolute Gasteiger partial charge is 0.306 e. The molecule has 86 valence electrons. The molecule has 0 spiro atoms. The molecule has 2 rings (SSSR count). The molecule has 5 nitrogen and oxygen atoms in total. The molecule has 2 aliphatic heterocycles. The van der Waals surface area contributed by atoms with Gasteiger partial charge in [0.25, 0.3) is 0 Å². The standard InChI is InChI=1S/C10H16O5/c1-2-3-8(12)15-7-5-14-9-6(11)4-13-10(7)9/h6-7,9-11H,2-5H2,1H3. The molecular formula is C10H16O5. The van der Waals surface area contributed by atoms with Gasteiger partial charge < -0.3 is 19.3 Å². The third-order valence-corrected chi connectivity index (χ3v) is 2.72. The van der Waals surface area contributed by atoms with Gasteiger partial charge in [-0.15, -0.1) is 0 Å². The minimum atomic E-state index is -0.593. The molecule has 0 radical (unpaired) electrons. The molecular weight excluding hydrogens is 200 g/mol. The molecule has 1 N–H and O–H groups in total. The number of esters is 1. The van der Waals surface area contributed by atoms with E-state index in [0.29, 0.717) is 13.0 Å². The Morgan fingerprint density at radius 1 is 1.40 bits per heavy atom. The van der Waals surface area contributed by atoms with Crippen LogP contribution in [0.15, 0.2) is 0 Å². The quantitative estimate of drug-likeness (QED) is 0.665. The van der Waals surface area contributed by atoms with Crippen molar-refractivity contribution in [1.82, 2.24) is 0 Å². The molecule has 0 aromatic carbocycles. The van der Waals surface area contributed by atoms with Gasteiger partial charge >= 0.3 is 5.97 Å². The highest BCUT2D eigenvalue weighted by Gasteiger charge is 2.48.